The number of carbonyl (C=O) groups excluding carboxylic acids is 1. The van der Waals surface area contributed by atoms with Gasteiger partial charge in [-0.1, -0.05) is 23.4 Å². The van der Waals surface area contributed by atoms with Crippen LogP contribution in [0.15, 0.2) is 27.6 Å². The third kappa shape index (κ3) is 4.20. The number of amides is 1. The molecule has 1 aromatic carbocycles. The highest BCUT2D eigenvalue weighted by molar-refractivity contribution is 8.13. The number of nitrogens with one attached hydrogen (secondary N) is 1. The van der Waals surface area contributed by atoms with Crippen LogP contribution in [0.25, 0.3) is 12.2 Å². The second-order valence-corrected chi connectivity index (χ2v) is 7.52. The lowest BCUT2D eigenvalue weighted by Crippen LogP contribution is -2.06. The van der Waals surface area contributed by atoms with Crippen LogP contribution in [0.4, 0.5) is 5.69 Å². The highest BCUT2D eigenvalue weighted by Gasteiger charge is 2.14. The van der Waals surface area contributed by atoms with Crippen molar-refractivity contribution in [3.63, 3.8) is 0 Å². The van der Waals surface area contributed by atoms with Gasteiger partial charge in [-0.05, 0) is 37.1 Å². The summed E-state index contributed by atoms with van der Waals surface area (Å²) in [6.07, 6.45) is 3.25. The molecule has 0 fully saturated rings. The van der Waals surface area contributed by atoms with Gasteiger partial charge in [0.15, 0.2) is 5.76 Å². The SMILES string of the molecule is CC(=O)Nc1c(C)noc1/C=C/c1ccc(C)c(S(=O)(=O)Cl)c1. The second-order valence-electron chi connectivity index (χ2n) is 4.98. The molecule has 8 heteroatoms. The van der Waals surface area contributed by atoms with Gasteiger partial charge < -0.3 is 9.84 Å². The minimum absolute atomic E-state index is 0.0529. The van der Waals surface area contributed by atoms with E-state index in [-0.39, 0.29) is 10.8 Å². The molecule has 0 radical (unpaired) electrons. The monoisotopic (exact) mass is 354 g/mol. The molecule has 1 aromatic heterocycles. The Balaban J connectivity index is 2.37. The molecule has 0 aliphatic heterocycles. The quantitative estimate of drug-likeness (QED) is 0.850. The predicted molar refractivity (Wildman–Crippen MR) is 88.7 cm³/mol. The maximum Gasteiger partial charge on any atom is 0.261 e. The number of anilines is 1. The van der Waals surface area contributed by atoms with Crippen molar-refractivity contribution < 1.29 is 17.7 Å². The highest BCUT2D eigenvalue weighted by atomic mass is 35.7. The number of benzene rings is 1. The van der Waals surface area contributed by atoms with Crippen LogP contribution in [0, 0.1) is 13.8 Å². The van der Waals surface area contributed by atoms with Crippen LogP contribution < -0.4 is 5.32 Å². The van der Waals surface area contributed by atoms with Gasteiger partial charge in [-0.25, -0.2) is 8.42 Å². The lowest BCUT2D eigenvalue weighted by molar-refractivity contribution is -0.114. The van der Waals surface area contributed by atoms with Gasteiger partial charge in [0.05, 0.1) is 4.90 Å². The molecule has 0 atom stereocenters. The molecule has 1 heterocycles. The largest absolute Gasteiger partial charge is 0.354 e. The standard InChI is InChI=1S/C15H15ClN2O4S/c1-9-4-5-12(8-14(9)23(16,20)21)6-7-13-15(17-11(3)19)10(2)18-22-13/h4-8H,1-3H3,(H,17,19)/b7-6+. The topological polar surface area (TPSA) is 89.3 Å². The van der Waals surface area contributed by atoms with Crippen molar-refractivity contribution in [2.24, 2.45) is 0 Å². The van der Waals surface area contributed by atoms with Crippen LogP contribution in [-0.4, -0.2) is 19.5 Å². The molecule has 0 saturated heterocycles. The van der Waals surface area contributed by atoms with Gasteiger partial charge in [0.25, 0.3) is 9.05 Å². The molecular formula is C15H15ClN2O4S. The van der Waals surface area contributed by atoms with E-state index >= 15 is 0 Å². The summed E-state index contributed by atoms with van der Waals surface area (Å²) in [6, 6.07) is 4.88. The highest BCUT2D eigenvalue weighted by Crippen LogP contribution is 2.25. The molecule has 0 unspecified atom stereocenters. The molecule has 122 valence electrons. The predicted octanol–water partition coefficient (Wildman–Crippen LogP) is 3.35. The van der Waals surface area contributed by atoms with Crippen molar-refractivity contribution in [2.75, 3.05) is 5.32 Å². The zero-order valence-corrected chi connectivity index (χ0v) is 14.3. The van der Waals surface area contributed by atoms with Crippen molar-refractivity contribution >= 4 is 43.5 Å². The molecule has 1 N–H and O–H groups in total. The maximum atomic E-state index is 11.5. The molecule has 23 heavy (non-hydrogen) atoms. The molecule has 0 bridgehead atoms. The van der Waals surface area contributed by atoms with Crippen LogP contribution >= 0.6 is 10.7 Å². The van der Waals surface area contributed by atoms with Gasteiger partial charge in [0.1, 0.15) is 11.4 Å². The lowest BCUT2D eigenvalue weighted by atomic mass is 10.1. The Morgan fingerprint density at radius 2 is 2.00 bits per heavy atom. The van der Waals surface area contributed by atoms with E-state index in [0.29, 0.717) is 28.3 Å². The minimum atomic E-state index is -3.81. The fourth-order valence-corrected chi connectivity index (χ4v) is 3.21. The normalized spacial score (nSPS) is 11.8. The molecule has 6 nitrogen and oxygen atoms in total. The number of aromatic nitrogens is 1. The summed E-state index contributed by atoms with van der Waals surface area (Å²) < 4.78 is 28.2. The molecular weight excluding hydrogens is 340 g/mol. The first-order chi connectivity index (χ1) is 10.7. The first-order valence-corrected chi connectivity index (χ1v) is 8.96. The number of nitrogens with zero attached hydrogens (tertiary/aromatic N) is 1. The summed E-state index contributed by atoms with van der Waals surface area (Å²) >= 11 is 0. The number of hydrogen-bond donors (Lipinski definition) is 1. The summed E-state index contributed by atoms with van der Waals surface area (Å²) in [5, 5.41) is 6.43. The number of halogens is 1. The lowest BCUT2D eigenvalue weighted by Gasteiger charge is -2.03. The Hall–Kier alpha value is -2.12. The summed E-state index contributed by atoms with van der Waals surface area (Å²) in [5.74, 6) is 0.130. The smallest absolute Gasteiger partial charge is 0.261 e. The number of hydrogen-bond acceptors (Lipinski definition) is 5. The van der Waals surface area contributed by atoms with Crippen molar-refractivity contribution in [1.29, 1.82) is 0 Å². The third-order valence-corrected chi connectivity index (χ3v) is 4.56. The molecule has 2 rings (SSSR count). The van der Waals surface area contributed by atoms with E-state index in [4.69, 9.17) is 15.2 Å². The molecule has 0 saturated carbocycles. The molecule has 0 aliphatic carbocycles. The van der Waals surface area contributed by atoms with Gasteiger partial charge in [-0.3, -0.25) is 4.79 Å². The van der Waals surface area contributed by atoms with Crippen LogP contribution in [-0.2, 0) is 13.8 Å². The Morgan fingerprint density at radius 3 is 2.61 bits per heavy atom. The molecule has 0 spiro atoms. The number of carbonyl (C=O) groups is 1. The summed E-state index contributed by atoms with van der Waals surface area (Å²) in [5.41, 5.74) is 2.21. The van der Waals surface area contributed by atoms with Crippen LogP contribution in [0.3, 0.4) is 0 Å². The van der Waals surface area contributed by atoms with Crippen molar-refractivity contribution in [3.05, 3.63) is 40.8 Å². The van der Waals surface area contributed by atoms with Crippen LogP contribution in [0.1, 0.15) is 29.5 Å². The fourth-order valence-electron chi connectivity index (χ4n) is 1.98. The number of aryl methyl sites for hydroxylation is 2. The van der Waals surface area contributed by atoms with Gasteiger partial charge in [-0.15, -0.1) is 0 Å². The van der Waals surface area contributed by atoms with Crippen molar-refractivity contribution in [3.8, 4) is 0 Å². The third-order valence-electron chi connectivity index (χ3n) is 3.09. The summed E-state index contributed by atoms with van der Waals surface area (Å²) in [4.78, 5) is 11.2. The number of rotatable bonds is 4. The second kappa shape index (κ2) is 6.55. The Kier molecular flexibility index (Phi) is 4.91. The summed E-state index contributed by atoms with van der Waals surface area (Å²) in [6.45, 7) is 4.76. The van der Waals surface area contributed by atoms with Gasteiger partial charge in [0.2, 0.25) is 5.91 Å². The fraction of sp³-hybridized carbons (Fsp3) is 0.200. The first-order valence-electron chi connectivity index (χ1n) is 6.65. The van der Waals surface area contributed by atoms with Gasteiger partial charge in [0, 0.05) is 17.6 Å². The van der Waals surface area contributed by atoms with E-state index in [2.05, 4.69) is 10.5 Å². The maximum absolute atomic E-state index is 11.5. The Morgan fingerprint density at radius 1 is 1.30 bits per heavy atom. The van der Waals surface area contributed by atoms with Crippen molar-refractivity contribution in [2.45, 2.75) is 25.7 Å². The van der Waals surface area contributed by atoms with E-state index in [1.54, 1.807) is 38.1 Å². The van der Waals surface area contributed by atoms with Crippen LogP contribution in [0.5, 0.6) is 0 Å². The average Bonchev–Trinajstić information content (AvgIpc) is 2.77. The van der Waals surface area contributed by atoms with E-state index in [1.165, 1.54) is 13.0 Å². The van der Waals surface area contributed by atoms with E-state index in [1.807, 2.05) is 0 Å². The van der Waals surface area contributed by atoms with E-state index < -0.39 is 9.05 Å². The van der Waals surface area contributed by atoms with Gasteiger partial charge >= 0.3 is 0 Å². The zero-order valence-electron chi connectivity index (χ0n) is 12.8. The average molecular weight is 355 g/mol. The zero-order chi connectivity index (χ0) is 17.2. The Bertz CT molecular complexity index is 885. The molecule has 2 aromatic rings. The van der Waals surface area contributed by atoms with Crippen LogP contribution in [0.2, 0.25) is 0 Å². The van der Waals surface area contributed by atoms with E-state index in [0.717, 1.165) is 0 Å². The Labute approximate surface area is 138 Å². The molecule has 1 amide bonds. The minimum Gasteiger partial charge on any atom is -0.354 e. The first kappa shape index (κ1) is 17.2. The van der Waals surface area contributed by atoms with Gasteiger partial charge in [-0.2, -0.15) is 0 Å². The molecule has 0 aliphatic rings. The summed E-state index contributed by atoms with van der Waals surface area (Å²) in [7, 11) is 1.60. The van der Waals surface area contributed by atoms with E-state index in [9.17, 15) is 13.2 Å². The van der Waals surface area contributed by atoms with Crippen molar-refractivity contribution in [1.82, 2.24) is 5.16 Å².